The summed E-state index contributed by atoms with van der Waals surface area (Å²) < 4.78 is 5.10. The first-order valence-corrected chi connectivity index (χ1v) is 9.19. The number of hydrogen-bond acceptors (Lipinski definition) is 6. The maximum absolute atomic E-state index is 12.4. The van der Waals surface area contributed by atoms with E-state index >= 15 is 0 Å². The number of carbonyl (C=O) groups is 3. The largest absolute Gasteiger partial charge is 0.497 e. The summed E-state index contributed by atoms with van der Waals surface area (Å²) in [5.41, 5.74) is 6.38. The van der Waals surface area contributed by atoms with Gasteiger partial charge in [0.15, 0.2) is 5.84 Å². The fraction of sp³-hybridized carbons (Fsp3) is 0.400. The number of fused-ring (bicyclic) bond motifs is 1. The van der Waals surface area contributed by atoms with Crippen LogP contribution in [0.25, 0.3) is 0 Å². The van der Waals surface area contributed by atoms with Crippen LogP contribution in [0.15, 0.2) is 41.6 Å². The molecular weight excluding hydrogens is 362 g/mol. The van der Waals surface area contributed by atoms with E-state index in [1.54, 1.807) is 24.3 Å². The van der Waals surface area contributed by atoms with Crippen LogP contribution in [0, 0.1) is 11.8 Å². The third-order valence-electron chi connectivity index (χ3n) is 4.97. The van der Waals surface area contributed by atoms with Crippen molar-refractivity contribution in [2.75, 3.05) is 13.7 Å². The summed E-state index contributed by atoms with van der Waals surface area (Å²) >= 11 is 0. The second kappa shape index (κ2) is 8.69. The first-order valence-electron chi connectivity index (χ1n) is 9.19. The van der Waals surface area contributed by atoms with Gasteiger partial charge in [-0.15, -0.1) is 0 Å². The molecule has 8 heteroatoms. The number of allylic oxidation sites excluding steroid dienone is 2. The molecule has 2 atom stereocenters. The van der Waals surface area contributed by atoms with Crippen LogP contribution >= 0.6 is 0 Å². The van der Waals surface area contributed by atoms with Gasteiger partial charge >= 0.3 is 5.97 Å². The van der Waals surface area contributed by atoms with Gasteiger partial charge in [-0.05, 0) is 31.4 Å². The molecule has 2 amide bonds. The summed E-state index contributed by atoms with van der Waals surface area (Å²) in [4.78, 5) is 42.7. The number of hydrogen-bond donors (Lipinski definition) is 1. The molecule has 0 spiro atoms. The summed E-state index contributed by atoms with van der Waals surface area (Å²) in [5, 5.41) is 3.64. The predicted molar refractivity (Wildman–Crippen MR) is 101 cm³/mol. The number of oxime groups is 1. The lowest BCUT2D eigenvalue weighted by Crippen LogP contribution is -2.32. The summed E-state index contributed by atoms with van der Waals surface area (Å²) in [6, 6.07) is 6.89. The summed E-state index contributed by atoms with van der Waals surface area (Å²) in [7, 11) is 1.54. The number of ether oxygens (including phenoxy) is 1. The van der Waals surface area contributed by atoms with E-state index < -0.39 is 5.97 Å². The monoisotopic (exact) mass is 385 g/mol. The van der Waals surface area contributed by atoms with E-state index in [4.69, 9.17) is 15.3 Å². The molecule has 0 aromatic heterocycles. The molecular formula is C20H23N3O5. The summed E-state index contributed by atoms with van der Waals surface area (Å²) in [6.07, 6.45) is 5.44. The summed E-state index contributed by atoms with van der Waals surface area (Å²) in [6.45, 7) is 0.203. The zero-order valence-electron chi connectivity index (χ0n) is 15.7. The molecule has 0 bridgehead atoms. The molecule has 1 fully saturated rings. The molecule has 1 heterocycles. The van der Waals surface area contributed by atoms with Crippen molar-refractivity contribution in [3.63, 3.8) is 0 Å². The highest BCUT2D eigenvalue weighted by atomic mass is 16.7. The van der Waals surface area contributed by atoms with E-state index in [2.05, 4.69) is 5.16 Å². The van der Waals surface area contributed by atoms with Gasteiger partial charge in [-0.2, -0.15) is 0 Å². The van der Waals surface area contributed by atoms with Crippen molar-refractivity contribution in [3.8, 4) is 5.75 Å². The molecule has 1 aliphatic carbocycles. The zero-order chi connectivity index (χ0) is 20.1. The third-order valence-corrected chi connectivity index (χ3v) is 4.97. The van der Waals surface area contributed by atoms with E-state index in [0.717, 1.165) is 0 Å². The van der Waals surface area contributed by atoms with Gasteiger partial charge in [0.25, 0.3) is 0 Å². The molecule has 1 aliphatic heterocycles. The average Bonchev–Trinajstić information content (AvgIpc) is 2.97. The minimum Gasteiger partial charge on any atom is -0.497 e. The van der Waals surface area contributed by atoms with E-state index in [0.29, 0.717) is 30.6 Å². The molecule has 0 saturated carbocycles. The normalized spacial score (nSPS) is 21.6. The van der Waals surface area contributed by atoms with E-state index in [-0.39, 0.29) is 42.5 Å². The van der Waals surface area contributed by atoms with Gasteiger partial charge in [0.05, 0.1) is 18.9 Å². The molecule has 1 saturated heterocycles. The van der Waals surface area contributed by atoms with Crippen LogP contribution in [0.4, 0.5) is 0 Å². The van der Waals surface area contributed by atoms with Crippen LogP contribution in [0.5, 0.6) is 5.75 Å². The Morgan fingerprint density at radius 2 is 1.89 bits per heavy atom. The number of imide groups is 1. The Morgan fingerprint density at radius 3 is 2.54 bits per heavy atom. The van der Waals surface area contributed by atoms with Gasteiger partial charge in [0.2, 0.25) is 11.8 Å². The Labute approximate surface area is 163 Å². The van der Waals surface area contributed by atoms with Crippen molar-refractivity contribution >= 4 is 23.6 Å². The number of methoxy groups -OCH3 is 1. The number of amides is 2. The van der Waals surface area contributed by atoms with Gasteiger partial charge in [-0.25, -0.2) is 4.79 Å². The highest BCUT2D eigenvalue weighted by Gasteiger charge is 2.46. The first kappa shape index (κ1) is 19.6. The second-order valence-electron chi connectivity index (χ2n) is 6.76. The molecule has 28 heavy (non-hydrogen) atoms. The topological polar surface area (TPSA) is 111 Å². The molecule has 0 unspecified atom stereocenters. The quantitative estimate of drug-likeness (QED) is 0.191. The van der Waals surface area contributed by atoms with E-state index in [1.165, 1.54) is 12.0 Å². The van der Waals surface area contributed by atoms with Crippen LogP contribution < -0.4 is 10.5 Å². The lowest BCUT2D eigenvalue weighted by molar-refractivity contribution is -0.145. The van der Waals surface area contributed by atoms with Crippen LogP contribution in [0.2, 0.25) is 0 Å². The lowest BCUT2D eigenvalue weighted by atomic mass is 9.85. The van der Waals surface area contributed by atoms with Crippen molar-refractivity contribution in [1.82, 2.24) is 4.90 Å². The first-order chi connectivity index (χ1) is 13.5. The molecule has 2 N–H and O–H groups in total. The lowest BCUT2D eigenvalue weighted by Gasteiger charge is -2.14. The molecule has 2 aliphatic rings. The van der Waals surface area contributed by atoms with Gasteiger partial charge in [0.1, 0.15) is 5.75 Å². The van der Waals surface area contributed by atoms with Crippen molar-refractivity contribution < 1.29 is 24.0 Å². The van der Waals surface area contributed by atoms with Gasteiger partial charge in [-0.1, -0.05) is 29.4 Å². The number of amidine groups is 1. The highest BCUT2D eigenvalue weighted by molar-refractivity contribution is 6.05. The molecule has 1 aromatic carbocycles. The standard InChI is InChI=1S/C20H23N3O5/c1-27-14-7-4-6-13(12-14)18(21)22-28-17(24)10-5-11-23-19(25)15-8-2-3-9-16(15)20(23)26/h2-4,6-7,12,15-16H,5,8-11H2,1H3,(H2,21,22)/t15-,16-/m0/s1. The minimum atomic E-state index is -0.580. The number of carbonyl (C=O) groups excluding carboxylic acids is 3. The fourth-order valence-electron chi connectivity index (χ4n) is 3.45. The number of benzene rings is 1. The Kier molecular flexibility index (Phi) is 6.08. The second-order valence-corrected chi connectivity index (χ2v) is 6.76. The van der Waals surface area contributed by atoms with Crippen LogP contribution in [0.3, 0.4) is 0 Å². The van der Waals surface area contributed by atoms with Crippen molar-refractivity contribution in [3.05, 3.63) is 42.0 Å². The van der Waals surface area contributed by atoms with Crippen molar-refractivity contribution in [1.29, 1.82) is 0 Å². The van der Waals surface area contributed by atoms with Gasteiger partial charge in [0, 0.05) is 18.5 Å². The molecule has 3 rings (SSSR count). The maximum Gasteiger partial charge on any atom is 0.335 e. The van der Waals surface area contributed by atoms with Crippen LogP contribution in [0.1, 0.15) is 31.2 Å². The number of nitrogens with zero attached hydrogens (tertiary/aromatic N) is 2. The molecule has 8 nitrogen and oxygen atoms in total. The number of likely N-dealkylation sites (tertiary alicyclic amines) is 1. The average molecular weight is 385 g/mol. The fourth-order valence-corrected chi connectivity index (χ4v) is 3.45. The molecule has 1 aromatic rings. The van der Waals surface area contributed by atoms with Gasteiger partial charge in [-0.3, -0.25) is 14.5 Å². The van der Waals surface area contributed by atoms with Crippen molar-refractivity contribution in [2.45, 2.75) is 25.7 Å². The van der Waals surface area contributed by atoms with Gasteiger partial charge < -0.3 is 15.3 Å². The Hall–Kier alpha value is -3.16. The smallest absolute Gasteiger partial charge is 0.335 e. The molecule has 148 valence electrons. The molecule has 0 radical (unpaired) electrons. The van der Waals surface area contributed by atoms with Crippen molar-refractivity contribution in [2.24, 2.45) is 22.7 Å². The number of rotatable bonds is 7. The zero-order valence-corrected chi connectivity index (χ0v) is 15.7. The Balaban J connectivity index is 1.47. The maximum atomic E-state index is 12.4. The highest BCUT2D eigenvalue weighted by Crippen LogP contribution is 2.35. The van der Waals surface area contributed by atoms with Crippen LogP contribution in [-0.4, -0.2) is 42.2 Å². The predicted octanol–water partition coefficient (Wildman–Crippen LogP) is 1.59. The van der Waals surface area contributed by atoms with E-state index in [9.17, 15) is 14.4 Å². The van der Waals surface area contributed by atoms with Crippen LogP contribution in [-0.2, 0) is 19.2 Å². The summed E-state index contributed by atoms with van der Waals surface area (Å²) in [5.74, 6) is -0.718. The Morgan fingerprint density at radius 1 is 1.21 bits per heavy atom. The minimum absolute atomic E-state index is 0.0273. The SMILES string of the molecule is COc1cccc(/C(N)=N/OC(=O)CCCN2C(=O)[C@H]3CC=CC[C@@H]3C2=O)c1. The Bertz CT molecular complexity index is 807. The third kappa shape index (κ3) is 4.21. The number of nitrogens with two attached hydrogens (primary N) is 1. The van der Waals surface area contributed by atoms with E-state index in [1.807, 2.05) is 12.2 Å².